The van der Waals surface area contributed by atoms with Gasteiger partial charge in [0.05, 0.1) is 33.4 Å². The Morgan fingerprint density at radius 3 is 2.05 bits per heavy atom. The SMILES string of the molecule is Cc1cc(/N=N/c2ccc(N3CCCC3)s2)ccc1/N=N/c1ccc(/N=N/c2nc3c(s2)CCC3)c(C)c1. The van der Waals surface area contributed by atoms with Crippen LogP contribution in [0.4, 0.5) is 37.9 Å². The van der Waals surface area contributed by atoms with E-state index in [9.17, 15) is 0 Å². The Bertz CT molecular complexity index is 1520. The van der Waals surface area contributed by atoms with Crippen molar-refractivity contribution < 1.29 is 0 Å². The molecule has 0 saturated carbocycles. The molecule has 3 heterocycles. The highest BCUT2D eigenvalue weighted by atomic mass is 32.1. The van der Waals surface area contributed by atoms with Gasteiger partial charge in [0.25, 0.3) is 0 Å². The van der Waals surface area contributed by atoms with Gasteiger partial charge in [-0.05, 0) is 106 Å². The zero-order valence-corrected chi connectivity index (χ0v) is 23.1. The van der Waals surface area contributed by atoms with Crippen LogP contribution in [-0.4, -0.2) is 18.1 Å². The van der Waals surface area contributed by atoms with Gasteiger partial charge in [-0.15, -0.1) is 20.5 Å². The van der Waals surface area contributed by atoms with E-state index in [1.54, 1.807) is 22.7 Å². The van der Waals surface area contributed by atoms with Crippen LogP contribution in [0.1, 0.15) is 41.0 Å². The molecule has 8 nitrogen and oxygen atoms in total. The van der Waals surface area contributed by atoms with Gasteiger partial charge in [0.2, 0.25) is 5.13 Å². The van der Waals surface area contributed by atoms with Gasteiger partial charge in [-0.1, -0.05) is 22.7 Å². The average Bonchev–Trinajstić information content (AvgIpc) is 3.71. The Balaban J connectivity index is 1.09. The number of aryl methyl sites for hydroxylation is 4. The van der Waals surface area contributed by atoms with Crippen molar-refractivity contribution in [1.29, 1.82) is 0 Å². The standard InChI is InChI=1S/C28H28N8S2/c1-18-17-21(31-34-26-12-13-27(38-26)36-14-3-4-15-36)9-10-22(18)32-30-20-8-11-23(19(2)16-20)33-35-28-29-24-6-5-7-25(24)37-28/h8-13,16-17H,3-7,14-15H2,1-2H3/b32-30+,34-31+,35-33+. The van der Waals surface area contributed by atoms with Crippen molar-refractivity contribution in [3.8, 4) is 0 Å². The molecule has 0 N–H and O–H groups in total. The molecule has 0 spiro atoms. The van der Waals surface area contributed by atoms with E-state index in [2.05, 4.69) is 46.6 Å². The largest absolute Gasteiger partial charge is 0.363 e. The van der Waals surface area contributed by atoms with Crippen LogP contribution in [0.15, 0.2) is 79.2 Å². The van der Waals surface area contributed by atoms with Crippen molar-refractivity contribution in [2.24, 2.45) is 30.7 Å². The molecule has 6 rings (SSSR count). The lowest BCUT2D eigenvalue weighted by Gasteiger charge is -2.13. The molecular weight excluding hydrogens is 512 g/mol. The third kappa shape index (κ3) is 5.61. The maximum Gasteiger partial charge on any atom is 0.230 e. The van der Waals surface area contributed by atoms with Crippen LogP contribution in [0.3, 0.4) is 0 Å². The van der Waals surface area contributed by atoms with Crippen molar-refractivity contribution >= 4 is 60.6 Å². The number of fused-ring (bicyclic) bond motifs is 1. The summed E-state index contributed by atoms with van der Waals surface area (Å²) in [7, 11) is 0. The molecule has 1 fully saturated rings. The fraction of sp³-hybridized carbons (Fsp3) is 0.321. The molecule has 2 aromatic carbocycles. The number of hydrogen-bond donors (Lipinski definition) is 0. The van der Waals surface area contributed by atoms with Crippen molar-refractivity contribution in [3.63, 3.8) is 0 Å². The zero-order valence-electron chi connectivity index (χ0n) is 21.5. The second-order valence-electron chi connectivity index (χ2n) is 9.57. The van der Waals surface area contributed by atoms with Crippen LogP contribution in [0.25, 0.3) is 0 Å². The maximum atomic E-state index is 4.58. The Labute approximate surface area is 229 Å². The molecule has 0 amide bonds. The summed E-state index contributed by atoms with van der Waals surface area (Å²) in [6, 6.07) is 15.8. The van der Waals surface area contributed by atoms with Crippen LogP contribution in [0.5, 0.6) is 0 Å². The van der Waals surface area contributed by atoms with Crippen molar-refractivity contribution in [2.75, 3.05) is 18.0 Å². The van der Waals surface area contributed by atoms with Gasteiger partial charge in [0.1, 0.15) is 5.00 Å². The molecule has 0 radical (unpaired) electrons. The average molecular weight is 541 g/mol. The summed E-state index contributed by atoms with van der Waals surface area (Å²) in [5, 5.41) is 29.5. The summed E-state index contributed by atoms with van der Waals surface area (Å²) in [5.74, 6) is 0. The third-order valence-electron chi connectivity index (χ3n) is 6.72. The molecule has 1 aliphatic heterocycles. The number of hydrogen-bond acceptors (Lipinski definition) is 10. The molecule has 0 bridgehead atoms. The van der Waals surface area contributed by atoms with Crippen molar-refractivity contribution in [2.45, 2.75) is 46.0 Å². The molecule has 1 saturated heterocycles. The minimum Gasteiger partial charge on any atom is -0.363 e. The number of thiazole rings is 1. The number of rotatable bonds is 7. The first-order chi connectivity index (χ1) is 18.6. The van der Waals surface area contributed by atoms with E-state index in [0.717, 1.165) is 69.9 Å². The summed E-state index contributed by atoms with van der Waals surface area (Å²) < 4.78 is 0. The molecule has 192 valence electrons. The van der Waals surface area contributed by atoms with E-state index < -0.39 is 0 Å². The number of thiophene rings is 1. The molecule has 2 aliphatic rings. The second kappa shape index (κ2) is 11.0. The third-order valence-corrected chi connectivity index (χ3v) is 8.79. The number of azo groups is 3. The highest BCUT2D eigenvalue weighted by Crippen LogP contribution is 2.36. The van der Waals surface area contributed by atoms with Gasteiger partial charge < -0.3 is 4.90 Å². The van der Waals surface area contributed by atoms with Crippen LogP contribution in [0, 0.1) is 13.8 Å². The van der Waals surface area contributed by atoms with Crippen molar-refractivity contribution in [3.05, 3.63) is 70.2 Å². The number of aromatic nitrogens is 1. The molecule has 38 heavy (non-hydrogen) atoms. The zero-order chi connectivity index (χ0) is 25.9. The van der Waals surface area contributed by atoms with E-state index in [1.165, 1.54) is 34.8 Å². The minimum absolute atomic E-state index is 0.735. The minimum atomic E-state index is 0.735. The van der Waals surface area contributed by atoms with Crippen LogP contribution in [0.2, 0.25) is 0 Å². The monoisotopic (exact) mass is 540 g/mol. The predicted molar refractivity (Wildman–Crippen MR) is 155 cm³/mol. The highest BCUT2D eigenvalue weighted by Gasteiger charge is 2.16. The lowest BCUT2D eigenvalue weighted by atomic mass is 10.2. The summed E-state index contributed by atoms with van der Waals surface area (Å²) in [4.78, 5) is 8.35. The number of benzene rings is 2. The molecule has 2 aromatic heterocycles. The van der Waals surface area contributed by atoms with Gasteiger partial charge in [-0.25, -0.2) is 4.98 Å². The van der Waals surface area contributed by atoms with E-state index in [1.807, 2.05) is 56.3 Å². The molecule has 0 unspecified atom stereocenters. The molecule has 10 heteroatoms. The molecule has 1 aliphatic carbocycles. The Morgan fingerprint density at radius 2 is 1.37 bits per heavy atom. The second-order valence-corrected chi connectivity index (χ2v) is 11.7. The van der Waals surface area contributed by atoms with Crippen LogP contribution < -0.4 is 4.90 Å². The topological polar surface area (TPSA) is 90.3 Å². The molecule has 0 atom stereocenters. The predicted octanol–water partition coefficient (Wildman–Crippen LogP) is 10.2. The van der Waals surface area contributed by atoms with Gasteiger partial charge >= 0.3 is 0 Å². The normalized spacial score (nSPS) is 15.6. The highest BCUT2D eigenvalue weighted by molar-refractivity contribution is 7.19. The fourth-order valence-electron chi connectivity index (χ4n) is 4.64. The van der Waals surface area contributed by atoms with Crippen molar-refractivity contribution in [1.82, 2.24) is 4.98 Å². The summed E-state index contributed by atoms with van der Waals surface area (Å²) in [6.45, 7) is 6.28. The maximum absolute atomic E-state index is 4.58. The van der Waals surface area contributed by atoms with E-state index >= 15 is 0 Å². The van der Waals surface area contributed by atoms with E-state index in [-0.39, 0.29) is 0 Å². The van der Waals surface area contributed by atoms with Gasteiger partial charge in [0.15, 0.2) is 0 Å². The first-order valence-corrected chi connectivity index (χ1v) is 14.5. The molecule has 4 aromatic rings. The fourth-order valence-corrected chi connectivity index (χ4v) is 6.49. The Kier molecular flexibility index (Phi) is 7.15. The number of anilines is 1. The molecular formula is C28H28N8S2. The Morgan fingerprint density at radius 1 is 0.684 bits per heavy atom. The van der Waals surface area contributed by atoms with E-state index in [4.69, 9.17) is 0 Å². The van der Waals surface area contributed by atoms with E-state index in [0.29, 0.717) is 0 Å². The summed E-state index contributed by atoms with van der Waals surface area (Å²) in [6.07, 6.45) is 5.90. The van der Waals surface area contributed by atoms with Gasteiger partial charge in [0, 0.05) is 18.0 Å². The quantitative estimate of drug-likeness (QED) is 0.218. The summed E-state index contributed by atoms with van der Waals surface area (Å²) in [5.41, 5.74) is 6.35. The number of nitrogens with zero attached hydrogens (tertiary/aromatic N) is 8. The Hall–Kier alpha value is -3.63. The lowest BCUT2D eigenvalue weighted by molar-refractivity contribution is 0.898. The first-order valence-electron chi connectivity index (χ1n) is 12.9. The first kappa shape index (κ1) is 24.7. The van der Waals surface area contributed by atoms with Crippen LogP contribution in [-0.2, 0) is 12.8 Å². The smallest absolute Gasteiger partial charge is 0.230 e. The summed E-state index contributed by atoms with van der Waals surface area (Å²) >= 11 is 3.33. The van der Waals surface area contributed by atoms with Gasteiger partial charge in [-0.3, -0.25) is 0 Å². The lowest BCUT2D eigenvalue weighted by Crippen LogP contribution is -2.15. The van der Waals surface area contributed by atoms with Gasteiger partial charge in [-0.2, -0.15) is 10.2 Å². The van der Waals surface area contributed by atoms with Crippen LogP contribution >= 0.6 is 22.7 Å².